The van der Waals surface area contributed by atoms with Gasteiger partial charge < -0.3 is 4.90 Å². The number of likely N-dealkylation sites (tertiary alicyclic amines) is 1. The molecule has 0 spiro atoms. The second-order valence-corrected chi connectivity index (χ2v) is 6.37. The fraction of sp³-hybridized carbons (Fsp3) is 0.500. The van der Waals surface area contributed by atoms with Crippen LogP contribution in [0.25, 0.3) is 0 Å². The van der Waals surface area contributed by atoms with Gasteiger partial charge in [-0.1, -0.05) is 44.2 Å². The summed E-state index contributed by atoms with van der Waals surface area (Å²) in [6.45, 7) is 5.87. The maximum atomic E-state index is 14.6. The summed E-state index contributed by atoms with van der Waals surface area (Å²) in [6.07, 6.45) is 1.19. The zero-order valence-electron chi connectivity index (χ0n) is 15.1. The van der Waals surface area contributed by atoms with Crippen LogP contribution in [0.3, 0.4) is 0 Å². The summed E-state index contributed by atoms with van der Waals surface area (Å²) < 4.78 is 14.6. The molecule has 3 nitrogen and oxygen atoms in total. The summed E-state index contributed by atoms with van der Waals surface area (Å²) in [5, 5.41) is 0. The van der Waals surface area contributed by atoms with Crippen molar-refractivity contribution in [1.82, 2.24) is 4.90 Å². The highest BCUT2D eigenvalue weighted by atomic mass is 19.1. The summed E-state index contributed by atoms with van der Waals surface area (Å²) in [6, 6.07) is 9.85. The fourth-order valence-corrected chi connectivity index (χ4v) is 3.05. The Labute approximate surface area is 144 Å². The molecule has 0 aromatic heterocycles. The van der Waals surface area contributed by atoms with Crippen LogP contribution in [0.4, 0.5) is 4.39 Å². The highest BCUT2D eigenvalue weighted by Crippen LogP contribution is 2.34. The van der Waals surface area contributed by atoms with E-state index >= 15 is 0 Å². The second kappa shape index (κ2) is 8.22. The van der Waals surface area contributed by atoms with Gasteiger partial charge in [0.25, 0.3) is 0 Å². The van der Waals surface area contributed by atoms with Gasteiger partial charge in [0.2, 0.25) is 0 Å². The molecule has 24 heavy (non-hydrogen) atoms. The van der Waals surface area contributed by atoms with Crippen LogP contribution < -0.4 is 0 Å². The van der Waals surface area contributed by atoms with Gasteiger partial charge >= 0.3 is 0 Å². The van der Waals surface area contributed by atoms with Gasteiger partial charge in [0.15, 0.2) is 12.0 Å². The molecular weight excluding hydrogens is 303 g/mol. The Balaban J connectivity index is 2.35. The Hall–Kier alpha value is -1.97. The number of alkyl halides is 1. The lowest BCUT2D eigenvalue weighted by Crippen LogP contribution is -2.27. The molecule has 1 aliphatic heterocycles. The van der Waals surface area contributed by atoms with E-state index in [0.29, 0.717) is 24.4 Å². The Morgan fingerprint density at radius 1 is 1.29 bits per heavy atom. The molecule has 1 aliphatic rings. The molecule has 2 unspecified atom stereocenters. The predicted molar refractivity (Wildman–Crippen MR) is 96.8 cm³/mol. The molecule has 1 saturated heterocycles. The van der Waals surface area contributed by atoms with Crippen LogP contribution in [-0.2, 0) is 4.79 Å². The molecule has 2 atom stereocenters. The maximum Gasteiger partial charge on any atom is 0.181 e. The van der Waals surface area contributed by atoms with Crippen molar-refractivity contribution >= 4 is 11.6 Å². The Bertz CT molecular complexity index is 636. The van der Waals surface area contributed by atoms with Crippen molar-refractivity contribution in [1.29, 1.82) is 0 Å². The zero-order valence-corrected chi connectivity index (χ0v) is 15.1. The number of halogens is 1. The Morgan fingerprint density at radius 2 is 1.96 bits per heavy atom. The van der Waals surface area contributed by atoms with Crippen molar-refractivity contribution < 1.29 is 9.18 Å². The number of hydrogen-bond acceptors (Lipinski definition) is 2. The van der Waals surface area contributed by atoms with E-state index in [2.05, 4.69) is 4.99 Å². The van der Waals surface area contributed by atoms with Gasteiger partial charge in [-0.15, -0.1) is 0 Å². The van der Waals surface area contributed by atoms with Crippen molar-refractivity contribution in [2.24, 2.45) is 4.99 Å². The van der Waals surface area contributed by atoms with E-state index in [0.717, 1.165) is 24.0 Å². The van der Waals surface area contributed by atoms with Gasteiger partial charge in [-0.3, -0.25) is 4.79 Å². The van der Waals surface area contributed by atoms with Gasteiger partial charge in [-0.05, 0) is 30.9 Å². The molecule has 2 rings (SSSR count). The average Bonchev–Trinajstić information content (AvgIpc) is 2.87. The molecule has 1 fully saturated rings. The number of nitrogens with zero attached hydrogens (tertiary/aromatic N) is 2. The van der Waals surface area contributed by atoms with Crippen molar-refractivity contribution in [2.45, 2.75) is 58.7 Å². The fourth-order valence-electron chi connectivity index (χ4n) is 3.05. The topological polar surface area (TPSA) is 32.7 Å². The van der Waals surface area contributed by atoms with Crippen LogP contribution in [0.1, 0.15) is 58.1 Å². The monoisotopic (exact) mass is 330 g/mol. The van der Waals surface area contributed by atoms with Crippen LogP contribution in [0.2, 0.25) is 0 Å². The summed E-state index contributed by atoms with van der Waals surface area (Å²) >= 11 is 0. The van der Waals surface area contributed by atoms with Gasteiger partial charge in [-0.2, -0.15) is 0 Å². The first kappa shape index (κ1) is 18.4. The molecule has 1 aromatic carbocycles. The SMILES string of the molecule is CCCC(=O)C(N=C1C(F)CC(c2ccccc2)N1C)=C(C)CC. The predicted octanol–water partition coefficient (Wildman–Crippen LogP) is 4.85. The number of ketones is 1. The minimum atomic E-state index is -1.14. The second-order valence-electron chi connectivity index (χ2n) is 6.37. The number of Topliss-reactive ketones (excluding diaryl/α,β-unsaturated/α-hetero) is 1. The number of rotatable bonds is 6. The number of aliphatic imine (C=N–C) groups is 1. The van der Waals surface area contributed by atoms with Gasteiger partial charge in [0, 0.05) is 19.9 Å². The highest BCUT2D eigenvalue weighted by Gasteiger charge is 2.36. The number of hydrogen-bond donors (Lipinski definition) is 0. The minimum Gasteiger partial charge on any atom is -0.353 e. The van der Waals surface area contributed by atoms with Crippen LogP contribution in [0.5, 0.6) is 0 Å². The van der Waals surface area contributed by atoms with E-state index in [4.69, 9.17) is 0 Å². The quantitative estimate of drug-likeness (QED) is 0.698. The van der Waals surface area contributed by atoms with Crippen molar-refractivity contribution in [3.05, 3.63) is 47.2 Å². The first-order valence-corrected chi connectivity index (χ1v) is 8.72. The number of carbonyl (C=O) groups is 1. The third kappa shape index (κ3) is 3.92. The van der Waals surface area contributed by atoms with E-state index in [1.54, 1.807) is 0 Å². The Morgan fingerprint density at radius 3 is 2.54 bits per heavy atom. The van der Waals surface area contributed by atoms with E-state index in [-0.39, 0.29) is 11.8 Å². The molecule has 0 amide bonds. The van der Waals surface area contributed by atoms with Gasteiger partial charge in [0.1, 0.15) is 11.5 Å². The lowest BCUT2D eigenvalue weighted by atomic mass is 10.0. The number of allylic oxidation sites excluding steroid dienone is 2. The van der Waals surface area contributed by atoms with Crippen molar-refractivity contribution in [2.75, 3.05) is 7.05 Å². The first-order valence-electron chi connectivity index (χ1n) is 8.72. The first-order chi connectivity index (χ1) is 11.5. The maximum absolute atomic E-state index is 14.6. The van der Waals surface area contributed by atoms with Crippen LogP contribution in [-0.4, -0.2) is 29.7 Å². The zero-order chi connectivity index (χ0) is 17.7. The van der Waals surface area contributed by atoms with Crippen molar-refractivity contribution in [3.8, 4) is 0 Å². The molecule has 1 heterocycles. The molecule has 1 aromatic rings. The molecular formula is C20H27FN2O. The largest absolute Gasteiger partial charge is 0.353 e. The molecule has 4 heteroatoms. The summed E-state index contributed by atoms with van der Waals surface area (Å²) in [5.41, 5.74) is 2.44. The third-order valence-electron chi connectivity index (χ3n) is 4.63. The lowest BCUT2D eigenvalue weighted by molar-refractivity contribution is -0.115. The van der Waals surface area contributed by atoms with E-state index in [1.165, 1.54) is 0 Å². The molecule has 0 radical (unpaired) electrons. The summed E-state index contributed by atoms with van der Waals surface area (Å²) in [5.74, 6) is 0.379. The van der Waals surface area contributed by atoms with Crippen LogP contribution in [0, 0.1) is 0 Å². The van der Waals surface area contributed by atoms with E-state index in [1.807, 2.05) is 63.1 Å². The van der Waals surface area contributed by atoms with E-state index < -0.39 is 6.17 Å². The third-order valence-corrected chi connectivity index (χ3v) is 4.63. The molecule has 0 bridgehead atoms. The molecule has 0 saturated carbocycles. The van der Waals surface area contributed by atoms with Gasteiger partial charge in [-0.25, -0.2) is 9.38 Å². The van der Waals surface area contributed by atoms with Crippen LogP contribution in [0.15, 0.2) is 46.6 Å². The highest BCUT2D eigenvalue weighted by molar-refractivity contribution is 6.00. The Kier molecular flexibility index (Phi) is 6.29. The van der Waals surface area contributed by atoms with Crippen molar-refractivity contribution in [3.63, 3.8) is 0 Å². The van der Waals surface area contributed by atoms with E-state index in [9.17, 15) is 9.18 Å². The number of carbonyl (C=O) groups excluding carboxylic acids is 1. The minimum absolute atomic E-state index is 0.00751. The summed E-state index contributed by atoms with van der Waals surface area (Å²) in [7, 11) is 1.86. The van der Waals surface area contributed by atoms with Gasteiger partial charge in [0.05, 0.1) is 6.04 Å². The lowest BCUT2D eigenvalue weighted by Gasteiger charge is -2.22. The normalized spacial score (nSPS) is 23.5. The molecule has 0 aliphatic carbocycles. The average molecular weight is 330 g/mol. The molecule has 0 N–H and O–H groups in total. The standard InChI is InChI=1S/C20H27FN2O/c1-5-10-18(24)19(14(3)6-2)22-20-16(21)13-17(23(20)4)15-11-8-7-9-12-15/h7-9,11-12,16-17H,5-6,10,13H2,1-4H3. The summed E-state index contributed by atoms with van der Waals surface area (Å²) in [4.78, 5) is 18.8. The van der Waals surface area contributed by atoms with Crippen LogP contribution >= 0.6 is 0 Å². The smallest absolute Gasteiger partial charge is 0.181 e. The number of amidine groups is 1. The number of benzene rings is 1. The molecule has 130 valence electrons.